The Balaban J connectivity index is 0.784. The van der Waals surface area contributed by atoms with Gasteiger partial charge in [-0.05, 0) is 69.4 Å². The Labute approximate surface area is 331 Å². The maximum atomic E-state index is 13.9. The molecule has 4 amide bonds. The number of carbonyl (C=O) groups excluding carboxylic acids is 4. The van der Waals surface area contributed by atoms with E-state index in [4.69, 9.17) is 9.97 Å². The van der Waals surface area contributed by atoms with Gasteiger partial charge in [-0.2, -0.15) is 4.98 Å². The number of pyridine rings is 1. The summed E-state index contributed by atoms with van der Waals surface area (Å²) in [4.78, 5) is 76.7. The maximum Gasteiger partial charge on any atom is 0.270 e. The van der Waals surface area contributed by atoms with Gasteiger partial charge in [-0.1, -0.05) is 18.9 Å². The summed E-state index contributed by atoms with van der Waals surface area (Å²) in [5, 5.41) is 6.59. The quantitative estimate of drug-likeness (QED) is 0.251. The van der Waals surface area contributed by atoms with Crippen molar-refractivity contribution in [3.05, 3.63) is 60.0 Å². The molecule has 3 saturated heterocycles. The van der Waals surface area contributed by atoms with Crippen LogP contribution in [-0.4, -0.2) is 118 Å². The minimum absolute atomic E-state index is 0.00648. The molecule has 15 nitrogen and oxygen atoms in total. The highest BCUT2D eigenvalue weighted by Crippen LogP contribution is 2.61. The number of rotatable bonds is 8. The predicted octanol–water partition coefficient (Wildman–Crippen LogP) is 3.97. The minimum atomic E-state index is -0.649. The number of imide groups is 1. The van der Waals surface area contributed by atoms with Crippen LogP contribution in [0.5, 0.6) is 0 Å². The van der Waals surface area contributed by atoms with E-state index in [2.05, 4.69) is 53.9 Å². The Morgan fingerprint density at radius 3 is 2.40 bits per heavy atom. The minimum Gasteiger partial charge on any atom is -0.368 e. The molecule has 1 spiro atoms. The van der Waals surface area contributed by atoms with Crippen LogP contribution in [0.1, 0.15) is 80.4 Å². The lowest BCUT2D eigenvalue weighted by Gasteiger charge is -2.52. The Kier molecular flexibility index (Phi) is 8.50. The summed E-state index contributed by atoms with van der Waals surface area (Å²) < 4.78 is 2.12. The number of nitrogens with zero attached hydrogens (tertiary/aromatic N) is 9. The average molecular weight is 772 g/mol. The molecule has 2 aliphatic carbocycles. The zero-order chi connectivity index (χ0) is 39.2. The molecule has 5 fully saturated rings. The molecule has 2 atom stereocenters. The lowest BCUT2D eigenvalue weighted by molar-refractivity contribution is -0.135. The number of piperazine rings is 1. The number of aromatic nitrogens is 4. The van der Waals surface area contributed by atoms with Gasteiger partial charge >= 0.3 is 0 Å². The third-order valence-electron chi connectivity index (χ3n) is 13.3. The number of hydrogen-bond acceptors (Lipinski definition) is 11. The molecule has 15 heteroatoms. The first-order valence-corrected chi connectivity index (χ1v) is 20.5. The van der Waals surface area contributed by atoms with Crippen LogP contribution in [0.15, 0.2) is 48.8 Å². The molecule has 7 heterocycles. The molecule has 1 unspecified atom stereocenters. The maximum absolute atomic E-state index is 13.9. The number of piperidine rings is 1. The van der Waals surface area contributed by atoms with Gasteiger partial charge in [0.2, 0.25) is 23.7 Å². The summed E-state index contributed by atoms with van der Waals surface area (Å²) in [6, 6.07) is 12.4. The van der Waals surface area contributed by atoms with Gasteiger partial charge in [-0.25, -0.2) is 9.97 Å². The fourth-order valence-electron chi connectivity index (χ4n) is 10.1. The van der Waals surface area contributed by atoms with Gasteiger partial charge in [-0.3, -0.25) is 34.3 Å². The van der Waals surface area contributed by atoms with Crippen LogP contribution in [-0.2, 0) is 19.8 Å². The van der Waals surface area contributed by atoms with Gasteiger partial charge in [0, 0.05) is 94.2 Å². The van der Waals surface area contributed by atoms with Crippen molar-refractivity contribution in [3.8, 4) is 0 Å². The summed E-state index contributed by atoms with van der Waals surface area (Å²) in [5.74, 6) is 0.433. The van der Waals surface area contributed by atoms with Crippen LogP contribution in [0.3, 0.4) is 0 Å². The van der Waals surface area contributed by atoms with Crippen molar-refractivity contribution in [2.45, 2.75) is 87.9 Å². The molecule has 1 aromatic carbocycles. The number of anilines is 5. The second kappa shape index (κ2) is 13.5. The predicted molar refractivity (Wildman–Crippen MR) is 216 cm³/mol. The van der Waals surface area contributed by atoms with E-state index in [9.17, 15) is 19.2 Å². The number of carbonyl (C=O) groups is 4. The fraction of sp³-hybridized carbons (Fsp3) is 0.500. The van der Waals surface area contributed by atoms with Gasteiger partial charge in [0.25, 0.3) is 5.91 Å². The van der Waals surface area contributed by atoms with Crippen molar-refractivity contribution in [2.24, 2.45) is 0 Å². The van der Waals surface area contributed by atoms with Crippen molar-refractivity contribution < 1.29 is 19.2 Å². The summed E-state index contributed by atoms with van der Waals surface area (Å²) in [5.41, 5.74) is 4.95. The second-order valence-electron chi connectivity index (χ2n) is 17.0. The first-order valence-electron chi connectivity index (χ1n) is 20.5. The fourth-order valence-corrected chi connectivity index (χ4v) is 10.1. The molecule has 2 saturated carbocycles. The molecule has 296 valence electrons. The van der Waals surface area contributed by atoms with Crippen molar-refractivity contribution in [2.75, 3.05) is 66.8 Å². The standard InChI is InChI=1S/C42H49N11O4/c1-25-22-49(30-9-6-10-31-36(30)42(15-16-42)40(57)53(31)32-12-14-35(54)46-38(32)55)17-18-51(25)29-23-50(24-29)28-11-13-34(43-21-28)45-41-44-20-26-19-33(39(56)48(2)3)52(37(26)47-41)27-7-4-5-8-27/h6,9-11,13,19-21,25,27,29,32H,4-5,7-8,12,14-18,22-24H2,1-3H3,(H,46,54,55)(H,43,44,45,47)/t25-,32?/m0/s1. The van der Waals surface area contributed by atoms with Gasteiger partial charge in [0.15, 0.2) is 0 Å². The highest BCUT2D eigenvalue weighted by Gasteiger charge is 2.62. The second-order valence-corrected chi connectivity index (χ2v) is 17.0. The third-order valence-corrected chi connectivity index (χ3v) is 13.3. The van der Waals surface area contributed by atoms with Crippen LogP contribution >= 0.6 is 0 Å². The Morgan fingerprint density at radius 1 is 0.912 bits per heavy atom. The van der Waals surface area contributed by atoms with Crippen molar-refractivity contribution >= 4 is 63.5 Å². The third kappa shape index (κ3) is 5.91. The molecule has 4 aliphatic heterocycles. The number of nitrogens with one attached hydrogen (secondary N) is 2. The molecule has 0 radical (unpaired) electrons. The van der Waals surface area contributed by atoms with E-state index >= 15 is 0 Å². The largest absolute Gasteiger partial charge is 0.368 e. The van der Waals surface area contributed by atoms with Crippen LogP contribution in [0, 0.1) is 0 Å². The highest BCUT2D eigenvalue weighted by molar-refractivity contribution is 6.16. The first kappa shape index (κ1) is 35.8. The zero-order valence-electron chi connectivity index (χ0n) is 32.8. The normalized spacial score (nSPS) is 23.6. The molecule has 57 heavy (non-hydrogen) atoms. The van der Waals surface area contributed by atoms with Gasteiger partial charge in [-0.15, -0.1) is 0 Å². The van der Waals surface area contributed by atoms with E-state index < -0.39 is 11.5 Å². The van der Waals surface area contributed by atoms with Crippen LogP contribution in [0.2, 0.25) is 0 Å². The monoisotopic (exact) mass is 771 g/mol. The summed E-state index contributed by atoms with van der Waals surface area (Å²) in [6.07, 6.45) is 10.2. The lowest BCUT2D eigenvalue weighted by atomic mass is 9.94. The van der Waals surface area contributed by atoms with Gasteiger partial charge in [0.05, 0.1) is 23.0 Å². The number of fused-ring (bicyclic) bond motifs is 3. The molecular formula is C42H49N11O4. The van der Waals surface area contributed by atoms with Crippen molar-refractivity contribution in [1.29, 1.82) is 0 Å². The smallest absolute Gasteiger partial charge is 0.270 e. The Hall–Kier alpha value is -5.57. The van der Waals surface area contributed by atoms with Crippen molar-refractivity contribution in [1.82, 2.24) is 34.6 Å². The summed E-state index contributed by atoms with van der Waals surface area (Å²) in [7, 11) is 3.56. The zero-order valence-corrected chi connectivity index (χ0v) is 32.8. The Morgan fingerprint density at radius 2 is 1.70 bits per heavy atom. The van der Waals surface area contributed by atoms with Crippen LogP contribution in [0.25, 0.3) is 11.0 Å². The van der Waals surface area contributed by atoms with Crippen LogP contribution < -0.4 is 25.3 Å². The summed E-state index contributed by atoms with van der Waals surface area (Å²) in [6.45, 7) is 6.76. The number of benzene rings is 1. The average Bonchev–Trinajstić information content (AvgIpc) is 3.51. The highest BCUT2D eigenvalue weighted by atomic mass is 16.2. The van der Waals surface area contributed by atoms with Crippen LogP contribution in [0.4, 0.5) is 28.8 Å². The molecule has 4 aromatic rings. The molecule has 2 N–H and O–H groups in total. The van der Waals surface area contributed by atoms with E-state index in [1.807, 2.05) is 30.5 Å². The van der Waals surface area contributed by atoms with E-state index in [-0.39, 0.29) is 36.1 Å². The van der Waals surface area contributed by atoms with E-state index in [0.29, 0.717) is 36.0 Å². The van der Waals surface area contributed by atoms with E-state index in [0.717, 1.165) is 105 Å². The first-order chi connectivity index (χ1) is 27.6. The topological polar surface area (TPSA) is 152 Å². The van der Waals surface area contributed by atoms with E-state index in [1.54, 1.807) is 30.1 Å². The molecule has 3 aromatic heterocycles. The lowest BCUT2D eigenvalue weighted by Crippen LogP contribution is -2.66. The number of amides is 4. The number of hydrogen-bond donors (Lipinski definition) is 2. The van der Waals surface area contributed by atoms with Crippen molar-refractivity contribution in [3.63, 3.8) is 0 Å². The SMILES string of the molecule is C[C@H]1CN(c2cccc3c2C2(CC2)C(=O)N3C2CCC(=O)NC2=O)CCN1C1CN(c2ccc(Nc3ncc4cc(C(=O)N(C)C)n(C5CCCC5)c4n3)nc2)C1. The van der Waals surface area contributed by atoms with Gasteiger partial charge < -0.3 is 24.6 Å². The molecule has 0 bridgehead atoms. The molecule has 6 aliphatic rings. The van der Waals surface area contributed by atoms with E-state index in [1.165, 1.54) is 0 Å². The summed E-state index contributed by atoms with van der Waals surface area (Å²) >= 11 is 0. The molecule has 10 rings (SSSR count). The van der Waals surface area contributed by atoms with Gasteiger partial charge in [0.1, 0.15) is 23.2 Å². The molecular weight excluding hydrogens is 723 g/mol. The Bertz CT molecular complexity index is 2290.